The Kier molecular flexibility index (Phi) is 4.14. The van der Waals surface area contributed by atoms with E-state index in [9.17, 15) is 4.79 Å². The third-order valence-electron chi connectivity index (χ3n) is 3.36. The van der Waals surface area contributed by atoms with Crippen LogP contribution in [0.15, 0.2) is 18.5 Å². The van der Waals surface area contributed by atoms with Crippen LogP contribution in [0.4, 0.5) is 0 Å². The first-order chi connectivity index (χ1) is 8.27. The summed E-state index contributed by atoms with van der Waals surface area (Å²) in [6, 6.07) is 1.91. The summed E-state index contributed by atoms with van der Waals surface area (Å²) in [7, 11) is 0. The molecule has 2 rings (SSSR count). The first-order valence-corrected chi connectivity index (χ1v) is 6.28. The Morgan fingerprint density at radius 2 is 2.29 bits per heavy atom. The topological polar surface area (TPSA) is 72.9 Å². The van der Waals surface area contributed by atoms with Crippen LogP contribution in [0, 0.1) is 5.92 Å². The second-order valence-corrected chi connectivity index (χ2v) is 4.61. The lowest BCUT2D eigenvalue weighted by molar-refractivity contribution is -0.126. The maximum Gasteiger partial charge on any atom is 0.224 e. The number of hydrogen-bond donors (Lipinski definition) is 2. The second kappa shape index (κ2) is 5.82. The van der Waals surface area contributed by atoms with Gasteiger partial charge in [-0.1, -0.05) is 12.8 Å². The molecule has 0 aromatic carbocycles. The molecule has 2 atom stereocenters. The van der Waals surface area contributed by atoms with Gasteiger partial charge in [0, 0.05) is 25.0 Å². The molecule has 1 amide bonds. The molecule has 1 saturated carbocycles. The van der Waals surface area contributed by atoms with E-state index >= 15 is 0 Å². The molecule has 5 heteroatoms. The third-order valence-corrected chi connectivity index (χ3v) is 3.36. The first-order valence-electron chi connectivity index (χ1n) is 6.28. The number of carbonyl (C=O) groups is 1. The van der Waals surface area contributed by atoms with Gasteiger partial charge < -0.3 is 11.1 Å². The molecule has 17 heavy (non-hydrogen) atoms. The molecular weight excluding hydrogens is 216 g/mol. The monoisotopic (exact) mass is 236 g/mol. The summed E-state index contributed by atoms with van der Waals surface area (Å²) in [5.74, 6) is 0.103. The van der Waals surface area contributed by atoms with Crippen molar-refractivity contribution in [1.29, 1.82) is 0 Å². The van der Waals surface area contributed by atoms with Gasteiger partial charge in [-0.3, -0.25) is 9.48 Å². The molecular formula is C12H20N4O. The van der Waals surface area contributed by atoms with Gasteiger partial charge in [0.25, 0.3) is 0 Å². The largest absolute Gasteiger partial charge is 0.354 e. The Balaban J connectivity index is 1.73. The van der Waals surface area contributed by atoms with Gasteiger partial charge in [0.05, 0.1) is 12.5 Å². The standard InChI is InChI=1S/C12H20N4O/c13-11-5-2-1-4-10(11)12(17)14-7-9-16-8-3-6-15-16/h3,6,8,10-11H,1-2,4-5,7,9,13H2,(H,14,17). The summed E-state index contributed by atoms with van der Waals surface area (Å²) in [5, 5.41) is 7.02. The minimum Gasteiger partial charge on any atom is -0.354 e. The summed E-state index contributed by atoms with van der Waals surface area (Å²) in [6.07, 6.45) is 7.78. The van der Waals surface area contributed by atoms with Gasteiger partial charge in [0.1, 0.15) is 0 Å². The normalized spacial score (nSPS) is 24.5. The Morgan fingerprint density at radius 1 is 1.47 bits per heavy atom. The van der Waals surface area contributed by atoms with Crippen molar-refractivity contribution < 1.29 is 4.79 Å². The van der Waals surface area contributed by atoms with Crippen LogP contribution in [0.1, 0.15) is 25.7 Å². The van der Waals surface area contributed by atoms with Gasteiger partial charge in [0.15, 0.2) is 0 Å². The molecule has 1 fully saturated rings. The molecule has 1 aromatic heterocycles. The maximum atomic E-state index is 11.9. The minimum absolute atomic E-state index is 0.00127. The molecule has 0 spiro atoms. The predicted molar refractivity (Wildman–Crippen MR) is 65.2 cm³/mol. The molecule has 3 N–H and O–H groups in total. The highest BCUT2D eigenvalue weighted by atomic mass is 16.1. The molecule has 1 aliphatic rings. The lowest BCUT2D eigenvalue weighted by Gasteiger charge is -2.27. The molecule has 1 heterocycles. The molecule has 0 aliphatic heterocycles. The van der Waals surface area contributed by atoms with Crippen LogP contribution in [-0.2, 0) is 11.3 Å². The number of amides is 1. The first kappa shape index (κ1) is 12.1. The quantitative estimate of drug-likeness (QED) is 0.800. The van der Waals surface area contributed by atoms with Crippen molar-refractivity contribution >= 4 is 5.91 Å². The van der Waals surface area contributed by atoms with E-state index in [2.05, 4.69) is 10.4 Å². The van der Waals surface area contributed by atoms with E-state index in [0.717, 1.165) is 25.7 Å². The molecule has 1 aromatic rings. The molecule has 2 unspecified atom stereocenters. The summed E-state index contributed by atoms with van der Waals surface area (Å²) in [6.45, 7) is 1.32. The zero-order chi connectivity index (χ0) is 12.1. The number of nitrogens with one attached hydrogen (secondary N) is 1. The molecule has 0 bridgehead atoms. The van der Waals surface area contributed by atoms with Gasteiger partial charge in [-0.05, 0) is 18.9 Å². The highest BCUT2D eigenvalue weighted by Gasteiger charge is 2.27. The fraction of sp³-hybridized carbons (Fsp3) is 0.667. The molecule has 1 aliphatic carbocycles. The molecule has 5 nitrogen and oxygen atoms in total. The van der Waals surface area contributed by atoms with E-state index in [1.165, 1.54) is 0 Å². The van der Waals surface area contributed by atoms with Crippen LogP contribution < -0.4 is 11.1 Å². The van der Waals surface area contributed by atoms with E-state index in [1.54, 1.807) is 10.9 Å². The Morgan fingerprint density at radius 3 is 3.00 bits per heavy atom. The van der Waals surface area contributed by atoms with Gasteiger partial charge in [0.2, 0.25) is 5.91 Å². The van der Waals surface area contributed by atoms with Crippen molar-refractivity contribution in [2.75, 3.05) is 6.54 Å². The maximum absolute atomic E-state index is 11.9. The van der Waals surface area contributed by atoms with E-state index in [0.29, 0.717) is 13.1 Å². The number of hydrogen-bond acceptors (Lipinski definition) is 3. The number of aromatic nitrogens is 2. The van der Waals surface area contributed by atoms with Gasteiger partial charge in [-0.15, -0.1) is 0 Å². The van der Waals surface area contributed by atoms with Crippen LogP contribution in [0.5, 0.6) is 0 Å². The lowest BCUT2D eigenvalue weighted by atomic mass is 9.84. The van der Waals surface area contributed by atoms with Crippen LogP contribution in [0.2, 0.25) is 0 Å². The number of nitrogens with two attached hydrogens (primary N) is 1. The number of nitrogens with zero attached hydrogens (tertiary/aromatic N) is 2. The van der Waals surface area contributed by atoms with E-state index in [1.807, 2.05) is 12.3 Å². The van der Waals surface area contributed by atoms with Crippen LogP contribution in [0.25, 0.3) is 0 Å². The smallest absolute Gasteiger partial charge is 0.224 e. The zero-order valence-electron chi connectivity index (χ0n) is 10.0. The van der Waals surface area contributed by atoms with Crippen LogP contribution in [-0.4, -0.2) is 28.3 Å². The predicted octanol–water partition coefficient (Wildman–Crippen LogP) is 0.517. The molecule has 0 radical (unpaired) electrons. The summed E-state index contributed by atoms with van der Waals surface area (Å²) in [5.41, 5.74) is 5.97. The summed E-state index contributed by atoms with van der Waals surface area (Å²) >= 11 is 0. The fourth-order valence-corrected chi connectivity index (χ4v) is 2.34. The highest BCUT2D eigenvalue weighted by molar-refractivity contribution is 5.79. The van der Waals surface area contributed by atoms with Crippen LogP contribution >= 0.6 is 0 Å². The highest BCUT2D eigenvalue weighted by Crippen LogP contribution is 2.22. The van der Waals surface area contributed by atoms with Crippen molar-refractivity contribution in [2.45, 2.75) is 38.3 Å². The molecule has 0 saturated heterocycles. The Bertz CT molecular complexity index is 349. The fourth-order valence-electron chi connectivity index (χ4n) is 2.34. The van der Waals surface area contributed by atoms with Crippen molar-refractivity contribution in [1.82, 2.24) is 15.1 Å². The van der Waals surface area contributed by atoms with Crippen molar-refractivity contribution in [3.05, 3.63) is 18.5 Å². The average Bonchev–Trinajstić information content (AvgIpc) is 2.82. The lowest BCUT2D eigenvalue weighted by Crippen LogP contribution is -2.44. The number of carbonyl (C=O) groups excluding carboxylic acids is 1. The van der Waals surface area contributed by atoms with E-state index in [-0.39, 0.29) is 17.9 Å². The van der Waals surface area contributed by atoms with Crippen LogP contribution in [0.3, 0.4) is 0 Å². The minimum atomic E-state index is 0.00127. The SMILES string of the molecule is NC1CCCCC1C(=O)NCCn1cccn1. The Labute approximate surface area is 101 Å². The van der Waals surface area contributed by atoms with Gasteiger partial charge >= 0.3 is 0 Å². The Hall–Kier alpha value is -1.36. The van der Waals surface area contributed by atoms with Gasteiger partial charge in [-0.2, -0.15) is 5.10 Å². The molecule has 94 valence electrons. The second-order valence-electron chi connectivity index (χ2n) is 4.61. The zero-order valence-corrected chi connectivity index (χ0v) is 10.0. The summed E-state index contributed by atoms with van der Waals surface area (Å²) < 4.78 is 1.81. The summed E-state index contributed by atoms with van der Waals surface area (Å²) in [4.78, 5) is 11.9. The van der Waals surface area contributed by atoms with Gasteiger partial charge in [-0.25, -0.2) is 0 Å². The van der Waals surface area contributed by atoms with Crippen molar-refractivity contribution in [2.24, 2.45) is 11.7 Å². The number of rotatable bonds is 4. The van der Waals surface area contributed by atoms with Crippen molar-refractivity contribution in [3.8, 4) is 0 Å². The van der Waals surface area contributed by atoms with Crippen molar-refractivity contribution in [3.63, 3.8) is 0 Å². The average molecular weight is 236 g/mol. The van der Waals surface area contributed by atoms with E-state index in [4.69, 9.17) is 5.73 Å². The van der Waals surface area contributed by atoms with E-state index < -0.39 is 0 Å². The third kappa shape index (κ3) is 3.30.